The van der Waals surface area contributed by atoms with Gasteiger partial charge in [0.1, 0.15) is 0 Å². The van der Waals surface area contributed by atoms with Crippen molar-refractivity contribution < 1.29 is 8.42 Å². The molecule has 1 aromatic rings. The van der Waals surface area contributed by atoms with E-state index in [0.717, 1.165) is 23.0 Å². The maximum absolute atomic E-state index is 10.9. The van der Waals surface area contributed by atoms with Crippen molar-refractivity contribution in [3.63, 3.8) is 0 Å². The Morgan fingerprint density at radius 2 is 2.35 bits per heavy atom. The number of sulfonamides is 1. The van der Waals surface area contributed by atoms with E-state index in [2.05, 4.69) is 27.3 Å². The van der Waals surface area contributed by atoms with Gasteiger partial charge in [-0.1, -0.05) is 0 Å². The molecular weight excluding hydrogens is 324 g/mol. The number of halogens is 1. The summed E-state index contributed by atoms with van der Waals surface area (Å²) in [5.74, 6) is -0.00978. The third-order valence-corrected chi connectivity index (χ3v) is 5.35. The lowest BCUT2D eigenvalue weighted by molar-refractivity contribution is 0.475. The molecule has 0 fully saturated rings. The summed E-state index contributed by atoms with van der Waals surface area (Å²) in [5, 5.41) is 8.25. The van der Waals surface area contributed by atoms with Crippen LogP contribution in [0.15, 0.2) is 9.85 Å². The smallest absolute Gasteiger partial charge is 0.210 e. The minimum atomic E-state index is -3.37. The molecule has 2 rings (SSSR count). The lowest BCUT2D eigenvalue weighted by Crippen LogP contribution is -2.31. The predicted octanol–water partition coefficient (Wildman–Crippen LogP) is 1.77. The molecule has 0 aromatic carbocycles. The van der Waals surface area contributed by atoms with E-state index in [1.807, 2.05) is 0 Å². The van der Waals surface area contributed by atoms with E-state index in [0.29, 0.717) is 6.54 Å². The van der Waals surface area contributed by atoms with Gasteiger partial charge in [0, 0.05) is 17.5 Å². The Bertz CT molecular complexity index is 498. The van der Waals surface area contributed by atoms with Crippen LogP contribution in [0.2, 0.25) is 0 Å². The molecule has 0 bridgehead atoms. The first-order valence-electron chi connectivity index (χ1n) is 5.47. The van der Waals surface area contributed by atoms with Crippen LogP contribution in [0, 0.1) is 0 Å². The van der Waals surface area contributed by atoms with Gasteiger partial charge in [-0.25, -0.2) is 13.6 Å². The number of aryl methyl sites for hydroxylation is 1. The van der Waals surface area contributed by atoms with Gasteiger partial charge in [-0.15, -0.1) is 11.3 Å². The SMILES string of the molecule is NS(=O)(=O)CCNC1CCCc2sc(Br)cc21. The summed E-state index contributed by atoms with van der Waals surface area (Å²) >= 11 is 5.26. The van der Waals surface area contributed by atoms with Gasteiger partial charge in [0.2, 0.25) is 10.0 Å². The second-order valence-electron chi connectivity index (χ2n) is 4.19. The van der Waals surface area contributed by atoms with Crippen molar-refractivity contribution in [2.45, 2.75) is 25.3 Å². The first kappa shape index (κ1) is 13.5. The molecule has 0 aliphatic heterocycles. The Hall–Kier alpha value is 0.0500. The summed E-state index contributed by atoms with van der Waals surface area (Å²) in [7, 11) is -3.37. The quantitative estimate of drug-likeness (QED) is 0.878. The van der Waals surface area contributed by atoms with Crippen molar-refractivity contribution >= 4 is 37.3 Å². The predicted molar refractivity (Wildman–Crippen MR) is 73.7 cm³/mol. The van der Waals surface area contributed by atoms with Gasteiger partial charge in [-0.3, -0.25) is 0 Å². The van der Waals surface area contributed by atoms with E-state index < -0.39 is 10.0 Å². The summed E-state index contributed by atoms with van der Waals surface area (Å²) in [6, 6.07) is 2.40. The highest BCUT2D eigenvalue weighted by Gasteiger charge is 2.22. The van der Waals surface area contributed by atoms with E-state index >= 15 is 0 Å². The molecule has 0 saturated heterocycles. The second kappa shape index (κ2) is 5.36. The lowest BCUT2D eigenvalue weighted by atomic mass is 9.94. The molecule has 7 heteroatoms. The van der Waals surface area contributed by atoms with Gasteiger partial charge >= 0.3 is 0 Å². The van der Waals surface area contributed by atoms with Gasteiger partial charge in [0.15, 0.2) is 0 Å². The molecule has 1 unspecified atom stereocenters. The van der Waals surface area contributed by atoms with E-state index in [-0.39, 0.29) is 11.8 Å². The highest BCUT2D eigenvalue weighted by Crippen LogP contribution is 2.37. The monoisotopic (exact) mass is 338 g/mol. The lowest BCUT2D eigenvalue weighted by Gasteiger charge is -2.23. The summed E-state index contributed by atoms with van der Waals surface area (Å²) < 4.78 is 22.9. The fourth-order valence-corrected chi connectivity index (χ4v) is 4.33. The number of hydrogen-bond acceptors (Lipinski definition) is 4. The molecule has 0 amide bonds. The topological polar surface area (TPSA) is 72.2 Å². The normalized spacial score (nSPS) is 20.2. The van der Waals surface area contributed by atoms with Crippen LogP contribution in [-0.2, 0) is 16.4 Å². The molecule has 4 nitrogen and oxygen atoms in total. The van der Waals surface area contributed by atoms with E-state index in [9.17, 15) is 8.42 Å². The Labute approximate surface area is 114 Å². The van der Waals surface area contributed by atoms with Crippen molar-refractivity contribution in [2.24, 2.45) is 5.14 Å². The van der Waals surface area contributed by atoms with E-state index in [1.165, 1.54) is 10.4 Å². The third-order valence-electron chi connectivity index (χ3n) is 2.86. The Balaban J connectivity index is 1.99. The number of primary sulfonamides is 1. The number of nitrogens with two attached hydrogens (primary N) is 1. The minimum absolute atomic E-state index is 0.00978. The first-order chi connectivity index (χ1) is 7.96. The molecule has 3 N–H and O–H groups in total. The number of rotatable bonds is 4. The molecule has 17 heavy (non-hydrogen) atoms. The van der Waals surface area contributed by atoms with Gasteiger partial charge in [-0.05, 0) is 46.8 Å². The Morgan fingerprint density at radius 1 is 1.59 bits per heavy atom. The summed E-state index contributed by atoms with van der Waals surface area (Å²) in [4.78, 5) is 1.40. The summed E-state index contributed by atoms with van der Waals surface area (Å²) in [6.07, 6.45) is 3.33. The molecular formula is C10H15BrN2O2S2. The van der Waals surface area contributed by atoms with Gasteiger partial charge in [0.05, 0.1) is 9.54 Å². The van der Waals surface area contributed by atoms with Crippen molar-refractivity contribution in [1.29, 1.82) is 0 Å². The fourth-order valence-electron chi connectivity index (χ4n) is 2.11. The number of hydrogen-bond donors (Lipinski definition) is 2. The van der Waals surface area contributed by atoms with Crippen LogP contribution in [-0.4, -0.2) is 20.7 Å². The molecule has 1 heterocycles. The molecule has 1 aliphatic rings. The largest absolute Gasteiger partial charge is 0.309 e. The second-order valence-corrected chi connectivity index (χ2v) is 8.44. The Kier molecular flexibility index (Phi) is 4.25. The van der Waals surface area contributed by atoms with E-state index in [4.69, 9.17) is 5.14 Å². The van der Waals surface area contributed by atoms with Crippen molar-refractivity contribution in [3.8, 4) is 0 Å². The summed E-state index contributed by atoms with van der Waals surface area (Å²) in [5.41, 5.74) is 1.31. The van der Waals surface area contributed by atoms with Crippen LogP contribution in [0.5, 0.6) is 0 Å². The van der Waals surface area contributed by atoms with Crippen LogP contribution >= 0.6 is 27.3 Å². The standard InChI is InChI=1S/C10H15BrN2O2S2/c11-10-6-7-8(2-1-3-9(7)16-10)13-4-5-17(12,14)15/h6,8,13H,1-5H2,(H2,12,14,15). The van der Waals surface area contributed by atoms with Crippen LogP contribution < -0.4 is 10.5 Å². The van der Waals surface area contributed by atoms with Crippen LogP contribution in [0.3, 0.4) is 0 Å². The highest BCUT2D eigenvalue weighted by atomic mass is 79.9. The number of thiophene rings is 1. The first-order valence-corrected chi connectivity index (χ1v) is 8.80. The summed E-state index contributed by atoms with van der Waals surface area (Å²) in [6.45, 7) is 0.413. The molecule has 1 aliphatic carbocycles. The zero-order valence-corrected chi connectivity index (χ0v) is 12.5. The maximum Gasteiger partial charge on any atom is 0.210 e. The van der Waals surface area contributed by atoms with Crippen molar-refractivity contribution in [1.82, 2.24) is 5.32 Å². The molecule has 0 radical (unpaired) electrons. The van der Waals surface area contributed by atoms with E-state index in [1.54, 1.807) is 11.3 Å². The minimum Gasteiger partial charge on any atom is -0.309 e. The third kappa shape index (κ3) is 3.75. The number of nitrogens with one attached hydrogen (secondary N) is 1. The molecule has 96 valence electrons. The average Bonchev–Trinajstić information content (AvgIpc) is 2.57. The molecule has 1 aromatic heterocycles. The van der Waals surface area contributed by atoms with Gasteiger partial charge in [-0.2, -0.15) is 0 Å². The molecule has 1 atom stereocenters. The van der Waals surface area contributed by atoms with Crippen LogP contribution in [0.25, 0.3) is 0 Å². The molecule has 0 spiro atoms. The average molecular weight is 339 g/mol. The van der Waals surface area contributed by atoms with Crippen molar-refractivity contribution in [3.05, 3.63) is 20.3 Å². The van der Waals surface area contributed by atoms with Gasteiger partial charge in [0.25, 0.3) is 0 Å². The zero-order chi connectivity index (χ0) is 12.5. The number of fused-ring (bicyclic) bond motifs is 1. The highest BCUT2D eigenvalue weighted by molar-refractivity contribution is 9.11. The molecule has 0 saturated carbocycles. The maximum atomic E-state index is 10.9. The fraction of sp³-hybridized carbons (Fsp3) is 0.600. The van der Waals surface area contributed by atoms with Gasteiger partial charge < -0.3 is 5.32 Å². The van der Waals surface area contributed by atoms with Crippen molar-refractivity contribution in [2.75, 3.05) is 12.3 Å². The zero-order valence-electron chi connectivity index (χ0n) is 9.28. The Morgan fingerprint density at radius 3 is 3.06 bits per heavy atom. The van der Waals surface area contributed by atoms with Crippen LogP contribution in [0.1, 0.15) is 29.3 Å². The van der Waals surface area contributed by atoms with Crippen LogP contribution in [0.4, 0.5) is 0 Å².